The van der Waals surface area contributed by atoms with Crippen LogP contribution in [0, 0.1) is 13.8 Å². The number of imidazole rings is 1. The molecular weight excluding hydrogens is 266 g/mol. The van der Waals surface area contributed by atoms with Crippen LogP contribution in [0.3, 0.4) is 0 Å². The monoisotopic (exact) mass is 289 g/mol. The summed E-state index contributed by atoms with van der Waals surface area (Å²) in [6.07, 6.45) is 3.84. The van der Waals surface area contributed by atoms with Crippen molar-refractivity contribution in [1.82, 2.24) is 14.9 Å². The lowest BCUT2D eigenvalue weighted by Crippen LogP contribution is -2.24. The third kappa shape index (κ3) is 3.64. The minimum atomic E-state index is 0.363. The van der Waals surface area contributed by atoms with Gasteiger partial charge in [-0.25, -0.2) is 4.98 Å². The molecule has 2 aromatic rings. The van der Waals surface area contributed by atoms with E-state index in [1.165, 1.54) is 16.7 Å². The highest BCUT2D eigenvalue weighted by atomic mass is 32.2. The van der Waals surface area contributed by atoms with Crippen LogP contribution in [0.4, 0.5) is 0 Å². The van der Waals surface area contributed by atoms with Crippen LogP contribution >= 0.6 is 11.8 Å². The Labute approximate surface area is 125 Å². The molecule has 0 bridgehead atoms. The number of hydrogen-bond donors (Lipinski definition) is 1. The van der Waals surface area contributed by atoms with Gasteiger partial charge in [-0.2, -0.15) is 0 Å². The lowest BCUT2D eigenvalue weighted by molar-refractivity contribution is 0.602. The van der Waals surface area contributed by atoms with Crippen LogP contribution in [0.2, 0.25) is 0 Å². The fourth-order valence-electron chi connectivity index (χ4n) is 2.37. The summed E-state index contributed by atoms with van der Waals surface area (Å²) in [5.74, 6) is 0.989. The highest BCUT2D eigenvalue weighted by Crippen LogP contribution is 2.25. The van der Waals surface area contributed by atoms with Gasteiger partial charge in [0.25, 0.3) is 0 Å². The molecule has 0 aliphatic heterocycles. The molecule has 1 unspecified atom stereocenters. The second-order valence-electron chi connectivity index (χ2n) is 5.10. The summed E-state index contributed by atoms with van der Waals surface area (Å²) in [5, 5.41) is 4.65. The molecule has 1 N–H and O–H groups in total. The van der Waals surface area contributed by atoms with Crippen LogP contribution in [-0.2, 0) is 7.05 Å². The number of benzene rings is 1. The van der Waals surface area contributed by atoms with Crippen molar-refractivity contribution in [2.45, 2.75) is 32.0 Å². The van der Waals surface area contributed by atoms with Crippen molar-refractivity contribution in [1.29, 1.82) is 0 Å². The minimum absolute atomic E-state index is 0.363. The van der Waals surface area contributed by atoms with Crippen LogP contribution < -0.4 is 5.32 Å². The minimum Gasteiger partial charge on any atom is -0.329 e. The zero-order valence-corrected chi connectivity index (χ0v) is 13.5. The van der Waals surface area contributed by atoms with E-state index in [1.807, 2.05) is 19.4 Å². The Balaban J connectivity index is 2.12. The number of nitrogens with zero attached hydrogens (tertiary/aromatic N) is 2. The molecule has 0 spiro atoms. The molecule has 0 aliphatic rings. The molecule has 1 aromatic carbocycles. The SMILES string of the molecule is CCNC(CSc1nccn1C)c1ccc(C)cc1C. The van der Waals surface area contributed by atoms with Crippen molar-refractivity contribution in [3.63, 3.8) is 0 Å². The molecule has 0 fully saturated rings. The van der Waals surface area contributed by atoms with E-state index in [1.54, 1.807) is 11.8 Å². The molecule has 0 radical (unpaired) electrons. The first-order chi connectivity index (χ1) is 9.61. The van der Waals surface area contributed by atoms with Crippen LogP contribution in [0.5, 0.6) is 0 Å². The van der Waals surface area contributed by atoms with Crippen molar-refractivity contribution in [3.05, 3.63) is 47.3 Å². The number of hydrogen-bond acceptors (Lipinski definition) is 3. The first kappa shape index (κ1) is 15.1. The van der Waals surface area contributed by atoms with E-state index in [4.69, 9.17) is 0 Å². The molecule has 3 nitrogen and oxygen atoms in total. The molecule has 0 amide bonds. The van der Waals surface area contributed by atoms with Crippen molar-refractivity contribution in [3.8, 4) is 0 Å². The van der Waals surface area contributed by atoms with Gasteiger partial charge in [-0.1, -0.05) is 42.4 Å². The lowest BCUT2D eigenvalue weighted by atomic mass is 10.0. The Hall–Kier alpha value is -1.26. The van der Waals surface area contributed by atoms with Gasteiger partial charge >= 0.3 is 0 Å². The number of aromatic nitrogens is 2. The Morgan fingerprint density at radius 3 is 2.75 bits per heavy atom. The number of rotatable bonds is 6. The molecule has 0 saturated carbocycles. The van der Waals surface area contributed by atoms with Gasteiger partial charge in [0.1, 0.15) is 0 Å². The highest BCUT2D eigenvalue weighted by molar-refractivity contribution is 7.99. The summed E-state index contributed by atoms with van der Waals surface area (Å²) < 4.78 is 2.07. The maximum absolute atomic E-state index is 4.38. The van der Waals surface area contributed by atoms with Crippen LogP contribution in [0.15, 0.2) is 35.7 Å². The average molecular weight is 289 g/mol. The van der Waals surface area contributed by atoms with Gasteiger partial charge in [-0.15, -0.1) is 0 Å². The molecular formula is C16H23N3S. The van der Waals surface area contributed by atoms with E-state index in [0.717, 1.165) is 17.5 Å². The van der Waals surface area contributed by atoms with Crippen molar-refractivity contribution >= 4 is 11.8 Å². The normalized spacial score (nSPS) is 12.6. The van der Waals surface area contributed by atoms with Gasteiger partial charge in [-0.05, 0) is 31.5 Å². The first-order valence-electron chi connectivity index (χ1n) is 7.02. The van der Waals surface area contributed by atoms with E-state index < -0.39 is 0 Å². The van der Waals surface area contributed by atoms with Crippen molar-refractivity contribution in [2.75, 3.05) is 12.3 Å². The van der Waals surface area contributed by atoms with Gasteiger partial charge in [0.05, 0.1) is 0 Å². The lowest BCUT2D eigenvalue weighted by Gasteiger charge is -2.20. The van der Waals surface area contributed by atoms with E-state index >= 15 is 0 Å². The molecule has 0 aliphatic carbocycles. The molecule has 108 valence electrons. The maximum Gasteiger partial charge on any atom is 0.167 e. The summed E-state index contributed by atoms with van der Waals surface area (Å²) in [4.78, 5) is 4.38. The molecule has 1 heterocycles. The Morgan fingerprint density at radius 1 is 1.35 bits per heavy atom. The topological polar surface area (TPSA) is 29.9 Å². The molecule has 4 heteroatoms. The van der Waals surface area contributed by atoms with Crippen LogP contribution in [0.1, 0.15) is 29.7 Å². The molecule has 2 rings (SSSR count). The molecule has 1 aromatic heterocycles. The number of aryl methyl sites for hydroxylation is 3. The summed E-state index contributed by atoms with van der Waals surface area (Å²) in [6.45, 7) is 7.46. The molecule has 20 heavy (non-hydrogen) atoms. The Morgan fingerprint density at radius 2 is 2.15 bits per heavy atom. The smallest absolute Gasteiger partial charge is 0.167 e. The van der Waals surface area contributed by atoms with Crippen molar-refractivity contribution < 1.29 is 0 Å². The summed E-state index contributed by atoms with van der Waals surface area (Å²) in [5.41, 5.74) is 4.06. The van der Waals surface area contributed by atoms with E-state index in [2.05, 4.69) is 53.8 Å². The van der Waals surface area contributed by atoms with E-state index in [0.29, 0.717) is 6.04 Å². The average Bonchev–Trinajstić information content (AvgIpc) is 2.81. The third-order valence-electron chi connectivity index (χ3n) is 3.41. The van der Waals surface area contributed by atoms with Gasteiger partial charge < -0.3 is 9.88 Å². The zero-order chi connectivity index (χ0) is 14.5. The Bertz CT molecular complexity index is 563. The number of thioether (sulfide) groups is 1. The van der Waals surface area contributed by atoms with Gasteiger partial charge in [-0.3, -0.25) is 0 Å². The zero-order valence-electron chi connectivity index (χ0n) is 12.7. The standard InChI is InChI=1S/C16H23N3S/c1-5-17-15(11-20-16-18-8-9-19(16)4)14-7-6-12(2)10-13(14)3/h6-10,15,17H,5,11H2,1-4H3. The van der Waals surface area contributed by atoms with Gasteiger partial charge in [0, 0.05) is 31.2 Å². The van der Waals surface area contributed by atoms with Crippen molar-refractivity contribution in [2.24, 2.45) is 7.05 Å². The van der Waals surface area contributed by atoms with Gasteiger partial charge in [0.15, 0.2) is 5.16 Å². The Kier molecular flexibility index (Phi) is 5.26. The molecule has 1 atom stereocenters. The van der Waals surface area contributed by atoms with Crippen LogP contribution in [0.25, 0.3) is 0 Å². The fraction of sp³-hybridized carbons (Fsp3) is 0.438. The first-order valence-corrected chi connectivity index (χ1v) is 8.01. The summed E-state index contributed by atoms with van der Waals surface area (Å²) in [6, 6.07) is 7.06. The predicted octanol–water partition coefficient (Wildman–Crippen LogP) is 3.48. The quantitative estimate of drug-likeness (QED) is 0.826. The summed E-state index contributed by atoms with van der Waals surface area (Å²) >= 11 is 1.80. The van der Waals surface area contributed by atoms with Gasteiger partial charge in [0.2, 0.25) is 0 Å². The third-order valence-corrected chi connectivity index (χ3v) is 4.56. The van der Waals surface area contributed by atoms with Crippen LogP contribution in [-0.4, -0.2) is 21.8 Å². The largest absolute Gasteiger partial charge is 0.329 e. The second-order valence-corrected chi connectivity index (χ2v) is 6.09. The summed E-state index contributed by atoms with van der Waals surface area (Å²) in [7, 11) is 2.04. The second kappa shape index (κ2) is 6.95. The van der Waals surface area contributed by atoms with E-state index in [9.17, 15) is 0 Å². The van der Waals surface area contributed by atoms with E-state index in [-0.39, 0.29) is 0 Å². The highest BCUT2D eigenvalue weighted by Gasteiger charge is 2.14. The molecule has 0 saturated heterocycles. The maximum atomic E-state index is 4.38. The number of nitrogens with one attached hydrogen (secondary N) is 1. The fourth-order valence-corrected chi connectivity index (χ4v) is 3.38. The predicted molar refractivity (Wildman–Crippen MR) is 86.3 cm³/mol.